The van der Waals surface area contributed by atoms with Crippen molar-refractivity contribution < 1.29 is 19.1 Å². The Morgan fingerprint density at radius 1 is 1.08 bits per heavy atom. The highest BCUT2D eigenvalue weighted by atomic mass is 16.5. The molecule has 0 spiro atoms. The average molecular weight is 509 g/mol. The summed E-state index contributed by atoms with van der Waals surface area (Å²) >= 11 is 0. The number of hydrogen-bond acceptors (Lipinski definition) is 6. The van der Waals surface area contributed by atoms with Crippen LogP contribution in [0.4, 0.5) is 5.69 Å². The molecule has 1 N–H and O–H groups in total. The van der Waals surface area contributed by atoms with Crippen LogP contribution < -0.4 is 14.8 Å². The summed E-state index contributed by atoms with van der Waals surface area (Å²) in [6.07, 6.45) is 4.36. The van der Waals surface area contributed by atoms with E-state index in [9.17, 15) is 9.59 Å². The number of benzene rings is 3. The van der Waals surface area contributed by atoms with Crippen LogP contribution >= 0.6 is 0 Å². The third kappa shape index (κ3) is 4.42. The number of hydrogen-bond donors (Lipinski definition) is 1. The van der Waals surface area contributed by atoms with Crippen LogP contribution in [0.5, 0.6) is 11.5 Å². The highest BCUT2D eigenvalue weighted by Gasteiger charge is 2.32. The number of carbonyl (C=O) groups excluding carboxylic acids is 2. The molecular weight excluding hydrogens is 480 g/mol. The van der Waals surface area contributed by atoms with Gasteiger partial charge >= 0.3 is 0 Å². The van der Waals surface area contributed by atoms with Gasteiger partial charge in [0.1, 0.15) is 0 Å². The molecule has 0 bridgehead atoms. The van der Waals surface area contributed by atoms with E-state index in [4.69, 9.17) is 14.5 Å². The minimum Gasteiger partial charge on any atom is -0.493 e. The molecule has 3 heterocycles. The zero-order chi connectivity index (χ0) is 26.1. The maximum absolute atomic E-state index is 13.0. The van der Waals surface area contributed by atoms with Crippen molar-refractivity contribution in [3.63, 3.8) is 0 Å². The third-order valence-electron chi connectivity index (χ3n) is 7.11. The van der Waals surface area contributed by atoms with Gasteiger partial charge < -0.3 is 19.7 Å². The molecule has 2 aliphatic heterocycles. The quantitative estimate of drug-likeness (QED) is 0.283. The molecule has 2 amide bonds. The van der Waals surface area contributed by atoms with Gasteiger partial charge in [-0.3, -0.25) is 14.6 Å². The molecular formula is C30H28N4O4. The van der Waals surface area contributed by atoms with E-state index in [1.807, 2.05) is 47.5 Å². The normalized spacial score (nSPS) is 16.3. The van der Waals surface area contributed by atoms with Crippen molar-refractivity contribution in [1.82, 2.24) is 15.2 Å². The fourth-order valence-electron chi connectivity index (χ4n) is 5.16. The summed E-state index contributed by atoms with van der Waals surface area (Å²) in [6.45, 7) is 1.54. The maximum Gasteiger partial charge on any atom is 0.256 e. The molecule has 0 unspecified atom stereocenters. The Bertz CT molecular complexity index is 1580. The second-order valence-electron chi connectivity index (χ2n) is 9.52. The van der Waals surface area contributed by atoms with E-state index >= 15 is 0 Å². The molecule has 8 nitrogen and oxygen atoms in total. The first-order valence-corrected chi connectivity index (χ1v) is 12.9. The molecule has 1 saturated heterocycles. The number of carbonyl (C=O) groups is 2. The molecule has 38 heavy (non-hydrogen) atoms. The zero-order valence-corrected chi connectivity index (χ0v) is 21.1. The molecule has 0 saturated carbocycles. The van der Waals surface area contributed by atoms with Gasteiger partial charge in [-0.1, -0.05) is 30.3 Å². The number of amides is 2. The highest BCUT2D eigenvalue weighted by molar-refractivity contribution is 6.07. The summed E-state index contributed by atoms with van der Waals surface area (Å²) < 4.78 is 11.5. The van der Waals surface area contributed by atoms with Gasteiger partial charge in [-0.2, -0.15) is 0 Å². The molecule has 6 rings (SSSR count). The summed E-state index contributed by atoms with van der Waals surface area (Å²) in [5, 5.41) is 4.94. The topological polar surface area (TPSA) is 93.1 Å². The smallest absolute Gasteiger partial charge is 0.256 e. The van der Waals surface area contributed by atoms with Crippen molar-refractivity contribution in [1.29, 1.82) is 0 Å². The molecule has 4 aromatic rings. The van der Waals surface area contributed by atoms with Crippen molar-refractivity contribution in [2.45, 2.75) is 25.3 Å². The number of nitrogens with zero attached hydrogens (tertiary/aromatic N) is 3. The summed E-state index contributed by atoms with van der Waals surface area (Å²) in [5.41, 5.74) is 3.20. The van der Waals surface area contributed by atoms with E-state index in [2.05, 4.69) is 16.4 Å². The lowest BCUT2D eigenvalue weighted by atomic mass is 10.1. The first-order chi connectivity index (χ1) is 18.6. The maximum atomic E-state index is 13.0. The van der Waals surface area contributed by atoms with Crippen LogP contribution in [0.25, 0.3) is 21.8 Å². The minimum atomic E-state index is -0.172. The Balaban J connectivity index is 1.10. The van der Waals surface area contributed by atoms with Crippen LogP contribution in [0, 0.1) is 0 Å². The van der Waals surface area contributed by atoms with Crippen LogP contribution in [0.15, 0.2) is 65.7 Å². The number of pyridine rings is 1. The van der Waals surface area contributed by atoms with Gasteiger partial charge in [0, 0.05) is 36.1 Å². The molecule has 1 atom stereocenters. The second-order valence-corrected chi connectivity index (χ2v) is 9.52. The standard InChI is InChI=1S/C30H28N4O4/c1-37-26-16-23-25(32-18-21-9-5-13-34(21)30(23)36)17-27(26)38-14-6-12-31-29(35)22-10-4-8-20-15-19-7-2-3-11-24(19)33-28(20)22/h2-4,7-8,10-11,15-18,21H,5-6,9,12-14H2,1H3,(H,31,35)/t21-/m0/s1. The number of para-hydroxylation sites is 2. The number of nitrogens with one attached hydrogen (secondary N) is 1. The first kappa shape index (κ1) is 23.9. The monoisotopic (exact) mass is 508 g/mol. The van der Waals surface area contributed by atoms with Gasteiger partial charge in [-0.15, -0.1) is 0 Å². The van der Waals surface area contributed by atoms with Gasteiger partial charge in [-0.25, -0.2) is 4.98 Å². The first-order valence-electron chi connectivity index (χ1n) is 12.9. The van der Waals surface area contributed by atoms with Crippen LogP contribution in [-0.4, -0.2) is 60.8 Å². The predicted molar refractivity (Wildman–Crippen MR) is 147 cm³/mol. The Morgan fingerprint density at radius 2 is 1.95 bits per heavy atom. The Morgan fingerprint density at radius 3 is 2.84 bits per heavy atom. The molecule has 3 aromatic carbocycles. The van der Waals surface area contributed by atoms with E-state index in [0.717, 1.165) is 35.7 Å². The van der Waals surface area contributed by atoms with Gasteiger partial charge in [0.2, 0.25) is 0 Å². The average Bonchev–Trinajstić information content (AvgIpc) is 3.38. The van der Waals surface area contributed by atoms with Crippen LogP contribution in [-0.2, 0) is 0 Å². The summed E-state index contributed by atoms with van der Waals surface area (Å²) in [4.78, 5) is 37.2. The predicted octanol–water partition coefficient (Wildman–Crippen LogP) is 4.92. The summed E-state index contributed by atoms with van der Waals surface area (Å²) in [6, 6.07) is 19.1. The van der Waals surface area contributed by atoms with Crippen LogP contribution in [0.3, 0.4) is 0 Å². The fourth-order valence-corrected chi connectivity index (χ4v) is 5.16. The van der Waals surface area contributed by atoms with E-state index in [0.29, 0.717) is 53.4 Å². The number of aromatic nitrogens is 1. The van der Waals surface area contributed by atoms with Gasteiger partial charge in [-0.05, 0) is 43.5 Å². The number of rotatable bonds is 7. The molecule has 1 fully saturated rings. The molecule has 192 valence electrons. The Kier molecular flexibility index (Phi) is 6.37. The molecule has 1 aromatic heterocycles. The van der Waals surface area contributed by atoms with E-state index in [1.54, 1.807) is 25.3 Å². The Labute approximate surface area is 220 Å². The van der Waals surface area contributed by atoms with Gasteiger partial charge in [0.25, 0.3) is 11.8 Å². The third-order valence-corrected chi connectivity index (χ3v) is 7.11. The van der Waals surface area contributed by atoms with Crippen molar-refractivity contribution in [3.05, 3.63) is 71.8 Å². The molecule has 2 aliphatic rings. The Hall–Kier alpha value is -4.46. The zero-order valence-electron chi connectivity index (χ0n) is 21.1. The number of methoxy groups -OCH3 is 1. The van der Waals surface area contributed by atoms with Gasteiger partial charge in [0.15, 0.2) is 11.5 Å². The number of aliphatic imine (C=N–C) groups is 1. The van der Waals surface area contributed by atoms with Crippen molar-refractivity contribution in [2.75, 3.05) is 26.8 Å². The number of fused-ring (bicyclic) bond motifs is 4. The molecule has 0 radical (unpaired) electrons. The van der Waals surface area contributed by atoms with E-state index < -0.39 is 0 Å². The largest absolute Gasteiger partial charge is 0.493 e. The van der Waals surface area contributed by atoms with Crippen LogP contribution in [0.2, 0.25) is 0 Å². The summed E-state index contributed by atoms with van der Waals surface area (Å²) in [7, 11) is 1.55. The van der Waals surface area contributed by atoms with E-state index in [1.165, 1.54) is 0 Å². The van der Waals surface area contributed by atoms with Crippen molar-refractivity contribution >= 4 is 45.5 Å². The molecule has 8 heteroatoms. The second kappa shape index (κ2) is 10.1. The SMILES string of the molecule is COc1cc2c(cc1OCCCNC(=O)c1cccc3cc4ccccc4nc13)N=C[C@@H]1CCCN1C2=O. The lowest BCUT2D eigenvalue weighted by Gasteiger charge is -2.20. The van der Waals surface area contributed by atoms with Crippen molar-refractivity contribution in [2.24, 2.45) is 4.99 Å². The van der Waals surface area contributed by atoms with Crippen molar-refractivity contribution in [3.8, 4) is 11.5 Å². The number of ether oxygens (including phenoxy) is 2. The summed E-state index contributed by atoms with van der Waals surface area (Å²) in [5.74, 6) is 0.815. The lowest BCUT2D eigenvalue weighted by molar-refractivity contribution is 0.0774. The van der Waals surface area contributed by atoms with Gasteiger partial charge in [0.05, 0.1) is 47.6 Å². The highest BCUT2D eigenvalue weighted by Crippen LogP contribution is 2.38. The molecule has 0 aliphatic carbocycles. The lowest BCUT2D eigenvalue weighted by Crippen LogP contribution is -2.35. The minimum absolute atomic E-state index is 0.0246. The fraction of sp³-hybridized carbons (Fsp3) is 0.267. The van der Waals surface area contributed by atoms with E-state index in [-0.39, 0.29) is 17.9 Å². The van der Waals surface area contributed by atoms with Crippen LogP contribution in [0.1, 0.15) is 40.0 Å².